The summed E-state index contributed by atoms with van der Waals surface area (Å²) in [5.41, 5.74) is 0. The molecular formula is C12H25N3O. The minimum atomic E-state index is -0.0311. The normalized spacial score (nSPS) is 23.1. The summed E-state index contributed by atoms with van der Waals surface area (Å²) in [6.07, 6.45) is 3.39. The highest BCUT2D eigenvalue weighted by molar-refractivity contribution is 5.81. The van der Waals surface area contributed by atoms with Crippen molar-refractivity contribution in [2.75, 3.05) is 26.7 Å². The van der Waals surface area contributed by atoms with Crippen LogP contribution in [0.15, 0.2) is 0 Å². The number of nitrogens with one attached hydrogen (secondary N) is 2. The number of rotatable bonds is 5. The van der Waals surface area contributed by atoms with Crippen molar-refractivity contribution in [2.45, 2.75) is 45.2 Å². The molecule has 1 saturated heterocycles. The molecule has 1 aliphatic heterocycles. The van der Waals surface area contributed by atoms with Gasteiger partial charge in [0, 0.05) is 19.1 Å². The molecule has 0 radical (unpaired) electrons. The van der Waals surface area contributed by atoms with Crippen LogP contribution in [0.25, 0.3) is 0 Å². The maximum atomic E-state index is 11.8. The first-order chi connectivity index (χ1) is 7.66. The van der Waals surface area contributed by atoms with Crippen LogP contribution in [-0.2, 0) is 4.79 Å². The number of piperidine rings is 1. The Morgan fingerprint density at radius 3 is 2.94 bits per heavy atom. The third kappa shape index (κ3) is 3.76. The maximum Gasteiger partial charge on any atom is 0.237 e. The lowest BCUT2D eigenvalue weighted by Crippen LogP contribution is -2.52. The predicted octanol–water partition coefficient (Wildman–Crippen LogP) is 0.585. The van der Waals surface area contributed by atoms with E-state index in [-0.39, 0.29) is 11.9 Å². The topological polar surface area (TPSA) is 44.4 Å². The zero-order chi connectivity index (χ0) is 12.0. The highest BCUT2D eigenvalue weighted by Gasteiger charge is 2.25. The van der Waals surface area contributed by atoms with E-state index in [1.54, 1.807) is 0 Å². The van der Waals surface area contributed by atoms with Gasteiger partial charge in [-0.25, -0.2) is 0 Å². The first-order valence-corrected chi connectivity index (χ1v) is 6.37. The van der Waals surface area contributed by atoms with Gasteiger partial charge in [0.25, 0.3) is 0 Å². The summed E-state index contributed by atoms with van der Waals surface area (Å²) in [7, 11) is 2.05. The number of amides is 1. The van der Waals surface area contributed by atoms with E-state index in [9.17, 15) is 4.79 Å². The van der Waals surface area contributed by atoms with Crippen molar-refractivity contribution < 1.29 is 4.79 Å². The standard InChI is InChI=1S/C12H25N3O/c1-4-7-14-12(16)10(2)15(3)11-6-5-8-13-9-11/h10-11,13H,4-9H2,1-3H3,(H,14,16). The molecule has 0 bridgehead atoms. The van der Waals surface area contributed by atoms with Gasteiger partial charge in [-0.15, -0.1) is 0 Å². The lowest BCUT2D eigenvalue weighted by molar-refractivity contribution is -0.126. The monoisotopic (exact) mass is 227 g/mol. The van der Waals surface area contributed by atoms with Crippen molar-refractivity contribution in [1.82, 2.24) is 15.5 Å². The number of hydrogen-bond acceptors (Lipinski definition) is 3. The summed E-state index contributed by atoms with van der Waals surface area (Å²) in [6, 6.07) is 0.465. The zero-order valence-electron chi connectivity index (χ0n) is 10.8. The van der Waals surface area contributed by atoms with Gasteiger partial charge in [-0.2, -0.15) is 0 Å². The van der Waals surface area contributed by atoms with Crippen LogP contribution in [0, 0.1) is 0 Å². The highest BCUT2D eigenvalue weighted by Crippen LogP contribution is 2.11. The Hall–Kier alpha value is -0.610. The molecule has 0 aromatic rings. The second-order valence-electron chi connectivity index (χ2n) is 4.63. The zero-order valence-corrected chi connectivity index (χ0v) is 10.8. The van der Waals surface area contributed by atoms with Crippen molar-refractivity contribution >= 4 is 5.91 Å². The van der Waals surface area contributed by atoms with Crippen LogP contribution in [0.3, 0.4) is 0 Å². The second-order valence-corrected chi connectivity index (χ2v) is 4.63. The molecule has 1 aliphatic rings. The molecule has 94 valence electrons. The van der Waals surface area contributed by atoms with Crippen LogP contribution in [0.1, 0.15) is 33.1 Å². The third-order valence-electron chi connectivity index (χ3n) is 3.39. The first-order valence-electron chi connectivity index (χ1n) is 6.37. The second kappa shape index (κ2) is 6.86. The highest BCUT2D eigenvalue weighted by atomic mass is 16.2. The Morgan fingerprint density at radius 1 is 1.62 bits per heavy atom. The van der Waals surface area contributed by atoms with Crippen LogP contribution in [-0.4, -0.2) is 49.6 Å². The largest absolute Gasteiger partial charge is 0.355 e. The Bertz CT molecular complexity index is 214. The Morgan fingerprint density at radius 2 is 2.38 bits per heavy atom. The lowest BCUT2D eigenvalue weighted by atomic mass is 10.0. The number of carbonyl (C=O) groups is 1. The average Bonchev–Trinajstić information content (AvgIpc) is 2.35. The molecule has 4 heteroatoms. The fourth-order valence-corrected chi connectivity index (χ4v) is 2.08. The lowest BCUT2D eigenvalue weighted by Gasteiger charge is -2.35. The van der Waals surface area contributed by atoms with Gasteiger partial charge in [-0.1, -0.05) is 6.92 Å². The van der Waals surface area contributed by atoms with Gasteiger partial charge >= 0.3 is 0 Å². The SMILES string of the molecule is CCCNC(=O)C(C)N(C)C1CCCNC1. The molecule has 4 nitrogen and oxygen atoms in total. The van der Waals surface area contributed by atoms with Crippen LogP contribution in [0.2, 0.25) is 0 Å². The smallest absolute Gasteiger partial charge is 0.237 e. The molecule has 1 fully saturated rings. The van der Waals surface area contributed by atoms with E-state index in [0.29, 0.717) is 6.04 Å². The summed E-state index contributed by atoms with van der Waals surface area (Å²) in [6.45, 7) is 6.95. The van der Waals surface area contributed by atoms with E-state index in [1.165, 1.54) is 12.8 Å². The van der Waals surface area contributed by atoms with E-state index in [2.05, 4.69) is 22.5 Å². The van der Waals surface area contributed by atoms with E-state index in [4.69, 9.17) is 0 Å². The van der Waals surface area contributed by atoms with Gasteiger partial charge in [0.05, 0.1) is 6.04 Å². The van der Waals surface area contributed by atoms with E-state index in [1.807, 2.05) is 14.0 Å². The summed E-state index contributed by atoms with van der Waals surface area (Å²) in [5.74, 6) is 0.148. The van der Waals surface area contributed by atoms with Gasteiger partial charge < -0.3 is 10.6 Å². The summed E-state index contributed by atoms with van der Waals surface area (Å²) in [5, 5.41) is 6.33. The molecule has 0 aliphatic carbocycles. The van der Waals surface area contributed by atoms with Crippen molar-refractivity contribution in [3.63, 3.8) is 0 Å². The molecule has 0 saturated carbocycles. The van der Waals surface area contributed by atoms with Gasteiger partial charge in [0.15, 0.2) is 0 Å². The quantitative estimate of drug-likeness (QED) is 0.722. The van der Waals surface area contributed by atoms with Crippen LogP contribution in [0.4, 0.5) is 0 Å². The van der Waals surface area contributed by atoms with Gasteiger partial charge in [0.1, 0.15) is 0 Å². The van der Waals surface area contributed by atoms with Crippen LogP contribution >= 0.6 is 0 Å². The Labute approximate surface area is 98.8 Å². The molecule has 0 spiro atoms. The van der Waals surface area contributed by atoms with Crippen LogP contribution in [0.5, 0.6) is 0 Å². The van der Waals surface area contributed by atoms with E-state index < -0.39 is 0 Å². The van der Waals surface area contributed by atoms with Crippen molar-refractivity contribution in [3.8, 4) is 0 Å². The van der Waals surface area contributed by atoms with Gasteiger partial charge in [0.2, 0.25) is 5.91 Å². The average molecular weight is 227 g/mol. The Balaban J connectivity index is 2.38. The minimum absolute atomic E-state index is 0.0311. The van der Waals surface area contributed by atoms with E-state index in [0.717, 1.165) is 26.1 Å². The van der Waals surface area contributed by atoms with E-state index >= 15 is 0 Å². The molecule has 2 unspecified atom stereocenters. The van der Waals surface area contributed by atoms with Crippen LogP contribution < -0.4 is 10.6 Å². The summed E-state index contributed by atoms with van der Waals surface area (Å²) in [4.78, 5) is 14.0. The van der Waals surface area contributed by atoms with Gasteiger partial charge in [-0.3, -0.25) is 9.69 Å². The fourth-order valence-electron chi connectivity index (χ4n) is 2.08. The summed E-state index contributed by atoms with van der Waals surface area (Å²) < 4.78 is 0. The fraction of sp³-hybridized carbons (Fsp3) is 0.917. The number of hydrogen-bond donors (Lipinski definition) is 2. The van der Waals surface area contributed by atoms with Crippen molar-refractivity contribution in [3.05, 3.63) is 0 Å². The molecule has 16 heavy (non-hydrogen) atoms. The molecule has 0 aromatic carbocycles. The van der Waals surface area contributed by atoms with Crippen molar-refractivity contribution in [1.29, 1.82) is 0 Å². The first kappa shape index (κ1) is 13.5. The van der Waals surface area contributed by atoms with Crippen molar-refractivity contribution in [2.24, 2.45) is 0 Å². The number of likely N-dealkylation sites (N-methyl/N-ethyl adjacent to an activating group) is 1. The number of nitrogens with zero attached hydrogens (tertiary/aromatic N) is 1. The molecule has 1 heterocycles. The minimum Gasteiger partial charge on any atom is -0.355 e. The summed E-state index contributed by atoms with van der Waals surface area (Å²) >= 11 is 0. The molecular weight excluding hydrogens is 202 g/mol. The predicted molar refractivity (Wildman–Crippen MR) is 66.4 cm³/mol. The molecule has 2 N–H and O–H groups in total. The molecule has 1 rings (SSSR count). The third-order valence-corrected chi connectivity index (χ3v) is 3.39. The Kier molecular flexibility index (Phi) is 5.77. The maximum absolute atomic E-state index is 11.8. The molecule has 0 aromatic heterocycles. The molecule has 1 amide bonds. The number of carbonyl (C=O) groups excluding carboxylic acids is 1. The van der Waals surface area contributed by atoms with Gasteiger partial charge in [-0.05, 0) is 39.8 Å². The molecule has 2 atom stereocenters.